The van der Waals surface area contributed by atoms with E-state index in [-0.39, 0.29) is 0 Å². The average molecular weight is 307 g/mol. The van der Waals surface area contributed by atoms with Gasteiger partial charge < -0.3 is 5.73 Å². The number of rotatable bonds is 5. The van der Waals surface area contributed by atoms with E-state index in [2.05, 4.69) is 16.4 Å². The molecule has 0 unspecified atom stereocenters. The zero-order valence-corrected chi connectivity index (χ0v) is 12.5. The van der Waals surface area contributed by atoms with Crippen LogP contribution in [0.2, 0.25) is 5.02 Å². The Labute approximate surface area is 126 Å². The lowest BCUT2D eigenvalue weighted by Gasteiger charge is -1.97. The van der Waals surface area contributed by atoms with Crippen molar-refractivity contribution in [2.45, 2.75) is 19.4 Å². The van der Waals surface area contributed by atoms with E-state index in [4.69, 9.17) is 17.3 Å². The predicted molar refractivity (Wildman–Crippen MR) is 83.3 cm³/mol. The highest BCUT2D eigenvalue weighted by molar-refractivity contribution is 7.19. The molecule has 3 rings (SSSR count). The van der Waals surface area contributed by atoms with E-state index in [1.165, 1.54) is 4.70 Å². The third kappa shape index (κ3) is 2.70. The van der Waals surface area contributed by atoms with E-state index in [0.29, 0.717) is 13.1 Å². The van der Waals surface area contributed by atoms with E-state index < -0.39 is 0 Å². The number of hydrogen-bond acceptors (Lipinski definition) is 4. The van der Waals surface area contributed by atoms with Gasteiger partial charge in [-0.2, -0.15) is 0 Å². The van der Waals surface area contributed by atoms with Gasteiger partial charge in [0.2, 0.25) is 0 Å². The van der Waals surface area contributed by atoms with Crippen molar-refractivity contribution in [1.82, 2.24) is 15.0 Å². The highest BCUT2D eigenvalue weighted by atomic mass is 35.5. The van der Waals surface area contributed by atoms with Crippen LogP contribution in [0.25, 0.3) is 10.1 Å². The summed E-state index contributed by atoms with van der Waals surface area (Å²) in [6, 6.07) is 8.17. The summed E-state index contributed by atoms with van der Waals surface area (Å²) in [6.07, 6.45) is 3.77. The topological polar surface area (TPSA) is 56.7 Å². The van der Waals surface area contributed by atoms with Gasteiger partial charge >= 0.3 is 0 Å². The minimum absolute atomic E-state index is 0.661. The standard InChI is InChI=1S/C14H15ClN4S/c15-14-11-5-1-2-6-12(11)20-13(14)9-19-8-10(17-18-19)4-3-7-16/h1-2,5-6,8H,3-4,7,9,16H2. The third-order valence-electron chi connectivity index (χ3n) is 3.13. The van der Waals surface area contributed by atoms with E-state index in [0.717, 1.165) is 33.8 Å². The van der Waals surface area contributed by atoms with Gasteiger partial charge in [-0.15, -0.1) is 16.4 Å². The minimum atomic E-state index is 0.661. The Bertz CT molecular complexity index is 719. The first-order valence-corrected chi connectivity index (χ1v) is 7.72. The Morgan fingerprint density at radius 1 is 1.30 bits per heavy atom. The second kappa shape index (κ2) is 5.91. The van der Waals surface area contributed by atoms with Gasteiger partial charge in [-0.3, -0.25) is 0 Å². The quantitative estimate of drug-likeness (QED) is 0.788. The van der Waals surface area contributed by atoms with E-state index in [9.17, 15) is 0 Å². The first-order chi connectivity index (χ1) is 9.78. The molecule has 6 heteroatoms. The number of aryl methyl sites for hydroxylation is 1. The molecule has 0 bridgehead atoms. The van der Waals surface area contributed by atoms with Gasteiger partial charge in [-0.05, 0) is 25.5 Å². The lowest BCUT2D eigenvalue weighted by atomic mass is 10.2. The number of thiophene rings is 1. The summed E-state index contributed by atoms with van der Waals surface area (Å²) in [4.78, 5) is 1.11. The summed E-state index contributed by atoms with van der Waals surface area (Å²) in [5, 5.41) is 10.2. The highest BCUT2D eigenvalue weighted by Gasteiger charge is 2.11. The van der Waals surface area contributed by atoms with Crippen molar-refractivity contribution in [1.29, 1.82) is 0 Å². The smallest absolute Gasteiger partial charge is 0.0827 e. The number of nitrogens with two attached hydrogens (primary N) is 1. The van der Waals surface area contributed by atoms with Crippen molar-refractivity contribution in [3.63, 3.8) is 0 Å². The zero-order chi connectivity index (χ0) is 13.9. The molecule has 0 atom stereocenters. The van der Waals surface area contributed by atoms with E-state index in [1.807, 2.05) is 29.1 Å². The number of fused-ring (bicyclic) bond motifs is 1. The van der Waals surface area contributed by atoms with Crippen molar-refractivity contribution in [3.05, 3.63) is 46.1 Å². The fourth-order valence-corrected chi connectivity index (χ4v) is 3.61. The van der Waals surface area contributed by atoms with E-state index in [1.54, 1.807) is 11.3 Å². The third-order valence-corrected chi connectivity index (χ3v) is 4.83. The highest BCUT2D eigenvalue weighted by Crippen LogP contribution is 2.35. The molecule has 2 aromatic heterocycles. The molecule has 4 nitrogen and oxygen atoms in total. The van der Waals surface area contributed by atoms with Gasteiger partial charge in [0.1, 0.15) is 0 Å². The zero-order valence-electron chi connectivity index (χ0n) is 10.9. The monoisotopic (exact) mass is 306 g/mol. The maximum absolute atomic E-state index is 6.43. The molecule has 104 valence electrons. The second-order valence-corrected chi connectivity index (χ2v) is 6.15. The minimum Gasteiger partial charge on any atom is -0.330 e. The van der Waals surface area contributed by atoms with Gasteiger partial charge in [0.25, 0.3) is 0 Å². The van der Waals surface area contributed by atoms with Crippen molar-refractivity contribution in [2.75, 3.05) is 6.54 Å². The molecule has 2 N–H and O–H groups in total. The van der Waals surface area contributed by atoms with Crippen molar-refractivity contribution >= 4 is 33.0 Å². The number of aromatic nitrogens is 3. The SMILES string of the molecule is NCCCc1cn(Cc2sc3ccccc3c2Cl)nn1. The molecule has 1 aromatic carbocycles. The number of benzene rings is 1. The largest absolute Gasteiger partial charge is 0.330 e. The van der Waals surface area contributed by atoms with Gasteiger partial charge in [-0.1, -0.05) is 35.0 Å². The van der Waals surface area contributed by atoms with E-state index >= 15 is 0 Å². The van der Waals surface area contributed by atoms with Gasteiger partial charge in [0.05, 0.1) is 17.3 Å². The summed E-state index contributed by atoms with van der Waals surface area (Å²) in [7, 11) is 0. The first-order valence-electron chi connectivity index (χ1n) is 6.53. The number of hydrogen-bond donors (Lipinski definition) is 1. The lowest BCUT2D eigenvalue weighted by molar-refractivity contribution is 0.655. The molecular weight excluding hydrogens is 292 g/mol. The summed E-state index contributed by atoms with van der Waals surface area (Å²) >= 11 is 8.14. The van der Waals surface area contributed by atoms with Crippen LogP contribution in [0.15, 0.2) is 30.5 Å². The summed E-state index contributed by atoms with van der Waals surface area (Å²) in [5.41, 5.74) is 6.48. The van der Waals surface area contributed by atoms with Crippen molar-refractivity contribution < 1.29 is 0 Å². The van der Waals surface area contributed by atoms with Crippen LogP contribution in [-0.2, 0) is 13.0 Å². The van der Waals surface area contributed by atoms with Crippen LogP contribution in [0.5, 0.6) is 0 Å². The first kappa shape index (κ1) is 13.5. The Balaban J connectivity index is 1.82. The van der Waals surface area contributed by atoms with Crippen LogP contribution in [-0.4, -0.2) is 21.5 Å². The van der Waals surface area contributed by atoms with Crippen molar-refractivity contribution in [2.24, 2.45) is 5.73 Å². The summed E-state index contributed by atoms with van der Waals surface area (Å²) < 4.78 is 3.04. The maximum Gasteiger partial charge on any atom is 0.0827 e. The normalized spacial score (nSPS) is 11.3. The number of halogens is 1. The van der Waals surface area contributed by atoms with Crippen LogP contribution in [0.1, 0.15) is 17.0 Å². The Hall–Kier alpha value is -1.43. The second-order valence-electron chi connectivity index (χ2n) is 4.64. The Morgan fingerprint density at radius 2 is 2.15 bits per heavy atom. The maximum atomic E-state index is 6.43. The fourth-order valence-electron chi connectivity index (χ4n) is 2.13. The van der Waals surface area contributed by atoms with Gasteiger partial charge in [0, 0.05) is 21.2 Å². The molecule has 0 saturated carbocycles. The lowest BCUT2D eigenvalue weighted by Crippen LogP contribution is -2.00. The summed E-state index contributed by atoms with van der Waals surface area (Å²) in [6.45, 7) is 1.34. The van der Waals surface area contributed by atoms with Crippen LogP contribution >= 0.6 is 22.9 Å². The molecule has 20 heavy (non-hydrogen) atoms. The molecule has 0 aliphatic heterocycles. The molecular formula is C14H15ClN4S. The molecule has 2 heterocycles. The van der Waals surface area contributed by atoms with Crippen LogP contribution in [0.4, 0.5) is 0 Å². The Kier molecular flexibility index (Phi) is 4.00. The Morgan fingerprint density at radius 3 is 2.95 bits per heavy atom. The van der Waals surface area contributed by atoms with Crippen LogP contribution in [0, 0.1) is 0 Å². The fraction of sp³-hybridized carbons (Fsp3) is 0.286. The summed E-state index contributed by atoms with van der Waals surface area (Å²) in [5.74, 6) is 0. The van der Waals surface area contributed by atoms with Crippen molar-refractivity contribution in [3.8, 4) is 0 Å². The molecule has 0 saturated heterocycles. The average Bonchev–Trinajstić information content (AvgIpc) is 3.03. The molecule has 0 radical (unpaired) electrons. The van der Waals surface area contributed by atoms with Crippen LogP contribution in [0.3, 0.4) is 0 Å². The van der Waals surface area contributed by atoms with Gasteiger partial charge in [-0.25, -0.2) is 4.68 Å². The predicted octanol–water partition coefficient (Wildman–Crippen LogP) is 3.09. The van der Waals surface area contributed by atoms with Crippen LogP contribution < -0.4 is 5.73 Å². The molecule has 0 fully saturated rings. The molecule has 0 aliphatic carbocycles. The molecule has 0 amide bonds. The number of nitrogens with zero attached hydrogens (tertiary/aromatic N) is 3. The molecule has 3 aromatic rings. The molecule has 0 aliphatic rings. The van der Waals surface area contributed by atoms with Gasteiger partial charge in [0.15, 0.2) is 0 Å². The molecule has 0 spiro atoms.